The molecule has 2 aromatic heterocycles. The standard InChI is InChI=1S/C19H18ClN5O2S/c1-2-25-18(14-7-9-15(20)10-8-14)23-24-19(25)28-13-17(26)22-21-11-3-5-16-6-4-12-27-16/h3-12H,2,13H2,1H3,(H,22,26)/b5-3+,21-11-. The van der Waals surface area contributed by atoms with Crippen LogP contribution in [0.5, 0.6) is 0 Å². The average Bonchev–Trinajstić information content (AvgIpc) is 3.36. The fraction of sp³-hybridized carbons (Fsp3) is 0.158. The summed E-state index contributed by atoms with van der Waals surface area (Å²) in [5, 5.41) is 13.6. The molecular weight excluding hydrogens is 398 g/mol. The van der Waals surface area contributed by atoms with Crippen molar-refractivity contribution in [2.75, 3.05) is 5.75 Å². The van der Waals surface area contributed by atoms with Gasteiger partial charge >= 0.3 is 0 Å². The number of thioether (sulfide) groups is 1. The van der Waals surface area contributed by atoms with E-state index in [4.69, 9.17) is 16.0 Å². The van der Waals surface area contributed by atoms with Crippen LogP contribution in [0, 0.1) is 0 Å². The minimum Gasteiger partial charge on any atom is -0.465 e. The maximum absolute atomic E-state index is 12.0. The molecule has 9 heteroatoms. The van der Waals surface area contributed by atoms with E-state index in [1.165, 1.54) is 18.0 Å². The van der Waals surface area contributed by atoms with E-state index in [0.29, 0.717) is 22.5 Å². The van der Waals surface area contributed by atoms with Gasteiger partial charge in [0, 0.05) is 23.3 Å². The number of nitrogens with one attached hydrogen (secondary N) is 1. The zero-order valence-corrected chi connectivity index (χ0v) is 16.7. The molecule has 0 aliphatic carbocycles. The first kappa shape index (κ1) is 19.9. The third kappa shape index (κ3) is 5.34. The summed E-state index contributed by atoms with van der Waals surface area (Å²) in [7, 11) is 0. The van der Waals surface area contributed by atoms with Crippen molar-refractivity contribution >= 4 is 41.6 Å². The molecule has 2 heterocycles. The molecule has 0 bridgehead atoms. The molecule has 0 unspecified atom stereocenters. The molecule has 1 N–H and O–H groups in total. The molecular formula is C19H18ClN5O2S. The topological polar surface area (TPSA) is 85.3 Å². The molecule has 0 aliphatic rings. The zero-order chi connectivity index (χ0) is 19.8. The second-order valence-corrected chi connectivity index (χ2v) is 6.91. The molecule has 7 nitrogen and oxygen atoms in total. The van der Waals surface area contributed by atoms with Gasteiger partial charge in [0.2, 0.25) is 0 Å². The Bertz CT molecular complexity index is 965. The number of carbonyl (C=O) groups excluding carboxylic acids is 1. The largest absolute Gasteiger partial charge is 0.465 e. The number of hydrazone groups is 1. The van der Waals surface area contributed by atoms with E-state index in [-0.39, 0.29) is 11.7 Å². The third-order valence-electron chi connectivity index (χ3n) is 3.62. The molecule has 28 heavy (non-hydrogen) atoms. The van der Waals surface area contributed by atoms with Gasteiger partial charge in [-0.1, -0.05) is 23.4 Å². The summed E-state index contributed by atoms with van der Waals surface area (Å²) < 4.78 is 7.10. The summed E-state index contributed by atoms with van der Waals surface area (Å²) in [5.41, 5.74) is 3.39. The molecule has 0 spiro atoms. The van der Waals surface area contributed by atoms with Crippen molar-refractivity contribution in [2.24, 2.45) is 5.10 Å². The number of halogens is 1. The van der Waals surface area contributed by atoms with Gasteiger partial charge in [-0.25, -0.2) is 5.43 Å². The zero-order valence-electron chi connectivity index (χ0n) is 15.1. The van der Waals surface area contributed by atoms with Crippen molar-refractivity contribution in [3.63, 3.8) is 0 Å². The average molecular weight is 416 g/mol. The second-order valence-electron chi connectivity index (χ2n) is 5.53. The Morgan fingerprint density at radius 2 is 2.14 bits per heavy atom. The number of hydrogen-bond acceptors (Lipinski definition) is 6. The molecule has 0 saturated heterocycles. The van der Waals surface area contributed by atoms with Gasteiger partial charge in [0.15, 0.2) is 11.0 Å². The van der Waals surface area contributed by atoms with Gasteiger partial charge in [0.25, 0.3) is 5.91 Å². The highest BCUT2D eigenvalue weighted by molar-refractivity contribution is 7.99. The summed E-state index contributed by atoms with van der Waals surface area (Å²) >= 11 is 7.24. The van der Waals surface area contributed by atoms with Gasteiger partial charge in [-0.3, -0.25) is 4.79 Å². The van der Waals surface area contributed by atoms with Gasteiger partial charge in [0.05, 0.1) is 12.0 Å². The molecule has 1 amide bonds. The summed E-state index contributed by atoms with van der Waals surface area (Å²) in [6.07, 6.45) is 6.49. The first-order valence-electron chi connectivity index (χ1n) is 8.51. The Labute approximate surface area is 171 Å². The summed E-state index contributed by atoms with van der Waals surface area (Å²) in [6.45, 7) is 2.69. The maximum atomic E-state index is 12.0. The molecule has 0 aliphatic heterocycles. The van der Waals surface area contributed by atoms with Crippen LogP contribution >= 0.6 is 23.4 Å². The Balaban J connectivity index is 1.54. The minimum absolute atomic E-state index is 0.179. The van der Waals surface area contributed by atoms with Crippen LogP contribution < -0.4 is 5.43 Å². The number of furan rings is 1. The predicted octanol–water partition coefficient (Wildman–Crippen LogP) is 4.12. The van der Waals surface area contributed by atoms with E-state index < -0.39 is 0 Å². The van der Waals surface area contributed by atoms with Crippen molar-refractivity contribution in [3.05, 3.63) is 59.5 Å². The van der Waals surface area contributed by atoms with Crippen LogP contribution in [0.15, 0.2) is 63.4 Å². The first-order valence-corrected chi connectivity index (χ1v) is 9.87. The van der Waals surface area contributed by atoms with E-state index >= 15 is 0 Å². The van der Waals surface area contributed by atoms with Gasteiger partial charge < -0.3 is 8.98 Å². The third-order valence-corrected chi connectivity index (χ3v) is 4.84. The Hall–Kier alpha value is -2.84. The lowest BCUT2D eigenvalue weighted by atomic mass is 10.2. The summed E-state index contributed by atoms with van der Waals surface area (Å²) in [5.74, 6) is 1.40. The molecule has 0 fully saturated rings. The van der Waals surface area contributed by atoms with Crippen LogP contribution in [0.1, 0.15) is 12.7 Å². The van der Waals surface area contributed by atoms with Crippen molar-refractivity contribution in [3.8, 4) is 11.4 Å². The summed E-state index contributed by atoms with van der Waals surface area (Å²) in [6, 6.07) is 11.0. The van der Waals surface area contributed by atoms with Crippen LogP contribution in [-0.2, 0) is 11.3 Å². The lowest BCUT2D eigenvalue weighted by molar-refractivity contribution is -0.118. The van der Waals surface area contributed by atoms with E-state index in [2.05, 4.69) is 20.7 Å². The SMILES string of the molecule is CCn1c(SCC(=O)N/N=C\C=C\c2ccco2)nnc1-c1ccc(Cl)cc1. The Morgan fingerprint density at radius 3 is 2.86 bits per heavy atom. The fourth-order valence-electron chi connectivity index (χ4n) is 2.33. The lowest BCUT2D eigenvalue weighted by Gasteiger charge is -2.07. The lowest BCUT2D eigenvalue weighted by Crippen LogP contribution is -2.19. The van der Waals surface area contributed by atoms with Crippen LogP contribution in [-0.4, -0.2) is 32.6 Å². The second kappa shape index (κ2) is 9.91. The Kier molecular flexibility index (Phi) is 7.05. The molecule has 0 saturated carbocycles. The van der Waals surface area contributed by atoms with Gasteiger partial charge in [0.1, 0.15) is 5.76 Å². The van der Waals surface area contributed by atoms with E-state index in [1.807, 2.05) is 41.8 Å². The number of amides is 1. The van der Waals surface area contributed by atoms with Gasteiger partial charge in [-0.15, -0.1) is 10.2 Å². The molecule has 1 aromatic carbocycles. The van der Waals surface area contributed by atoms with Crippen molar-refractivity contribution in [1.29, 1.82) is 0 Å². The molecule has 144 valence electrons. The predicted molar refractivity (Wildman–Crippen MR) is 111 cm³/mol. The van der Waals surface area contributed by atoms with Crippen LogP contribution in [0.3, 0.4) is 0 Å². The number of carbonyl (C=O) groups is 1. The number of allylic oxidation sites excluding steroid dienone is 1. The molecule has 0 radical (unpaired) electrons. The summed E-state index contributed by atoms with van der Waals surface area (Å²) in [4.78, 5) is 12.0. The highest BCUT2D eigenvalue weighted by Gasteiger charge is 2.14. The molecule has 0 atom stereocenters. The quantitative estimate of drug-likeness (QED) is 0.340. The first-order chi connectivity index (χ1) is 13.7. The number of nitrogens with zero attached hydrogens (tertiary/aromatic N) is 4. The number of rotatable bonds is 8. The van der Waals surface area contributed by atoms with Crippen LogP contribution in [0.4, 0.5) is 0 Å². The Morgan fingerprint density at radius 1 is 1.32 bits per heavy atom. The van der Waals surface area contributed by atoms with E-state index in [0.717, 1.165) is 11.4 Å². The highest BCUT2D eigenvalue weighted by Crippen LogP contribution is 2.24. The van der Waals surface area contributed by atoms with Crippen LogP contribution in [0.25, 0.3) is 17.5 Å². The highest BCUT2D eigenvalue weighted by atomic mass is 35.5. The monoisotopic (exact) mass is 415 g/mol. The van der Waals surface area contributed by atoms with Gasteiger partial charge in [-0.05, 0) is 55.5 Å². The number of aromatic nitrogens is 3. The van der Waals surface area contributed by atoms with Crippen LogP contribution in [0.2, 0.25) is 5.02 Å². The fourth-order valence-corrected chi connectivity index (χ4v) is 3.25. The van der Waals surface area contributed by atoms with Gasteiger partial charge in [-0.2, -0.15) is 5.10 Å². The van der Waals surface area contributed by atoms with Crippen molar-refractivity contribution < 1.29 is 9.21 Å². The molecule has 3 aromatic rings. The number of benzene rings is 1. The maximum Gasteiger partial charge on any atom is 0.250 e. The normalized spacial score (nSPS) is 11.5. The number of hydrogen-bond donors (Lipinski definition) is 1. The van der Waals surface area contributed by atoms with E-state index in [9.17, 15) is 4.79 Å². The van der Waals surface area contributed by atoms with Crippen molar-refractivity contribution in [2.45, 2.75) is 18.6 Å². The molecule has 3 rings (SSSR count). The van der Waals surface area contributed by atoms with E-state index in [1.54, 1.807) is 24.5 Å². The minimum atomic E-state index is -0.230. The van der Waals surface area contributed by atoms with Crippen molar-refractivity contribution in [1.82, 2.24) is 20.2 Å². The smallest absolute Gasteiger partial charge is 0.250 e.